The Labute approximate surface area is 162 Å². The van der Waals surface area contributed by atoms with E-state index in [1.165, 1.54) is 12.8 Å². The van der Waals surface area contributed by atoms with Gasteiger partial charge in [-0.1, -0.05) is 0 Å². The number of rotatable bonds is 5. The molecule has 0 radical (unpaired) electrons. The fourth-order valence-corrected chi connectivity index (χ4v) is 3.87. The van der Waals surface area contributed by atoms with E-state index in [4.69, 9.17) is 0 Å². The maximum absolute atomic E-state index is 12.5. The van der Waals surface area contributed by atoms with E-state index >= 15 is 0 Å². The lowest BCUT2D eigenvalue weighted by atomic mass is 9.96. The minimum atomic E-state index is 0. The lowest BCUT2D eigenvalue weighted by Gasteiger charge is -2.33. The summed E-state index contributed by atoms with van der Waals surface area (Å²) in [5, 5.41) is 7.83. The third-order valence-corrected chi connectivity index (χ3v) is 5.19. The molecule has 144 valence electrons. The van der Waals surface area contributed by atoms with Gasteiger partial charge in [-0.15, -0.1) is 24.8 Å². The summed E-state index contributed by atoms with van der Waals surface area (Å²) >= 11 is 0. The molecular weight excluding hydrogens is 361 g/mol. The van der Waals surface area contributed by atoms with Crippen molar-refractivity contribution in [1.82, 2.24) is 25.0 Å². The summed E-state index contributed by atoms with van der Waals surface area (Å²) < 4.78 is 2.00. The van der Waals surface area contributed by atoms with E-state index in [-0.39, 0.29) is 24.8 Å². The van der Waals surface area contributed by atoms with Gasteiger partial charge < -0.3 is 10.2 Å². The molecule has 2 aliphatic heterocycles. The molecule has 2 unspecified atom stereocenters. The van der Waals surface area contributed by atoms with Crippen molar-refractivity contribution in [2.75, 3.05) is 26.2 Å². The number of nitrogens with zero attached hydrogens (tertiary/aromatic N) is 4. The highest BCUT2D eigenvalue weighted by molar-refractivity contribution is 5.85. The molecule has 8 heteroatoms. The molecule has 0 aromatic carbocycles. The summed E-state index contributed by atoms with van der Waals surface area (Å²) in [5.41, 5.74) is 0. The number of likely N-dealkylation sites (tertiary alicyclic amines) is 1. The van der Waals surface area contributed by atoms with Crippen molar-refractivity contribution in [3.63, 3.8) is 0 Å². The van der Waals surface area contributed by atoms with Crippen LogP contribution in [0.15, 0.2) is 0 Å². The predicted octanol–water partition coefficient (Wildman–Crippen LogP) is 2.37. The monoisotopic (exact) mass is 391 g/mol. The van der Waals surface area contributed by atoms with Gasteiger partial charge in [-0.25, -0.2) is 9.67 Å². The molecule has 6 nitrogen and oxygen atoms in total. The van der Waals surface area contributed by atoms with Gasteiger partial charge in [0.05, 0.1) is 0 Å². The van der Waals surface area contributed by atoms with E-state index in [1.54, 1.807) is 0 Å². The van der Waals surface area contributed by atoms with Gasteiger partial charge in [0.15, 0.2) is 0 Å². The molecule has 0 bridgehead atoms. The highest BCUT2D eigenvalue weighted by atomic mass is 35.5. The van der Waals surface area contributed by atoms with Crippen LogP contribution in [-0.2, 0) is 11.3 Å². The van der Waals surface area contributed by atoms with Crippen LogP contribution in [0.3, 0.4) is 0 Å². The lowest BCUT2D eigenvalue weighted by Crippen LogP contribution is -2.41. The molecule has 1 amide bonds. The summed E-state index contributed by atoms with van der Waals surface area (Å²) in [7, 11) is 0. The third-order valence-electron chi connectivity index (χ3n) is 5.19. The van der Waals surface area contributed by atoms with Crippen LogP contribution in [0, 0.1) is 25.7 Å². The molecule has 1 aromatic heterocycles. The van der Waals surface area contributed by atoms with Gasteiger partial charge in [0, 0.05) is 26.1 Å². The SMILES string of the molecule is Cc1nc(C)n(CC2CCCN(C(=O)CCC3CCNC3)C2)n1.Cl.Cl. The van der Waals surface area contributed by atoms with Crippen molar-refractivity contribution in [3.8, 4) is 0 Å². The number of piperidine rings is 1. The van der Waals surface area contributed by atoms with Crippen LogP contribution in [0.1, 0.15) is 43.8 Å². The third kappa shape index (κ3) is 6.12. The molecule has 1 aromatic rings. The van der Waals surface area contributed by atoms with Crippen molar-refractivity contribution >= 4 is 30.7 Å². The van der Waals surface area contributed by atoms with Crippen molar-refractivity contribution in [1.29, 1.82) is 0 Å². The van der Waals surface area contributed by atoms with E-state index in [0.29, 0.717) is 24.2 Å². The predicted molar refractivity (Wildman–Crippen MR) is 104 cm³/mol. The molecule has 2 fully saturated rings. The van der Waals surface area contributed by atoms with Crippen molar-refractivity contribution in [2.45, 2.75) is 52.5 Å². The summed E-state index contributed by atoms with van der Waals surface area (Å²) in [6, 6.07) is 0. The maximum Gasteiger partial charge on any atom is 0.222 e. The topological polar surface area (TPSA) is 63.1 Å². The zero-order chi connectivity index (χ0) is 16.2. The zero-order valence-electron chi connectivity index (χ0n) is 15.2. The van der Waals surface area contributed by atoms with Gasteiger partial charge in [-0.3, -0.25) is 4.79 Å². The Morgan fingerprint density at radius 3 is 2.68 bits per heavy atom. The van der Waals surface area contributed by atoms with Gasteiger partial charge in [0.2, 0.25) is 5.91 Å². The number of nitrogens with one attached hydrogen (secondary N) is 1. The molecule has 3 heterocycles. The fraction of sp³-hybridized carbons (Fsp3) is 0.824. The molecule has 3 rings (SSSR count). The van der Waals surface area contributed by atoms with Crippen LogP contribution in [0.5, 0.6) is 0 Å². The largest absolute Gasteiger partial charge is 0.342 e. The average molecular weight is 392 g/mol. The van der Waals surface area contributed by atoms with Gasteiger partial charge >= 0.3 is 0 Å². The first-order valence-corrected chi connectivity index (χ1v) is 8.98. The van der Waals surface area contributed by atoms with Crippen LogP contribution >= 0.6 is 24.8 Å². The number of hydrogen-bond acceptors (Lipinski definition) is 4. The molecule has 0 spiro atoms. The molecule has 25 heavy (non-hydrogen) atoms. The summed E-state index contributed by atoms with van der Waals surface area (Å²) in [6.07, 6.45) is 5.25. The van der Waals surface area contributed by atoms with E-state index in [2.05, 4.69) is 20.3 Å². The smallest absolute Gasteiger partial charge is 0.222 e. The highest BCUT2D eigenvalue weighted by Crippen LogP contribution is 2.21. The standard InChI is InChI=1S/C17H29N5O.2ClH/c1-13-19-14(2)22(20-13)12-16-4-3-9-21(11-16)17(23)6-5-15-7-8-18-10-15;;/h15-16,18H,3-12H2,1-2H3;2*1H. The Morgan fingerprint density at radius 1 is 1.24 bits per heavy atom. The van der Waals surface area contributed by atoms with E-state index in [1.807, 2.05) is 18.5 Å². The summed E-state index contributed by atoms with van der Waals surface area (Å²) in [5.74, 6) is 3.34. The van der Waals surface area contributed by atoms with Crippen molar-refractivity contribution in [2.24, 2.45) is 11.8 Å². The quantitative estimate of drug-likeness (QED) is 0.836. The Bertz CT molecular complexity index is 545. The molecule has 2 atom stereocenters. The number of hydrogen-bond donors (Lipinski definition) is 1. The average Bonchev–Trinajstić information content (AvgIpc) is 3.15. The minimum Gasteiger partial charge on any atom is -0.342 e. The van der Waals surface area contributed by atoms with Gasteiger partial charge in [-0.05, 0) is 64.5 Å². The molecular formula is C17H31Cl2N5O. The molecule has 0 aliphatic carbocycles. The fourth-order valence-electron chi connectivity index (χ4n) is 3.87. The molecule has 1 N–H and O–H groups in total. The van der Waals surface area contributed by atoms with Crippen LogP contribution < -0.4 is 5.32 Å². The second kappa shape index (κ2) is 10.3. The van der Waals surface area contributed by atoms with E-state index in [0.717, 1.165) is 57.2 Å². The van der Waals surface area contributed by atoms with E-state index < -0.39 is 0 Å². The Kier molecular flexibility index (Phi) is 9.17. The van der Waals surface area contributed by atoms with Crippen LogP contribution in [0.2, 0.25) is 0 Å². The Hall–Kier alpha value is -0.850. The molecule has 0 saturated carbocycles. The van der Waals surface area contributed by atoms with Crippen LogP contribution in [-0.4, -0.2) is 51.8 Å². The number of carbonyl (C=O) groups excluding carboxylic acids is 1. The number of aryl methyl sites for hydroxylation is 2. The van der Waals surface area contributed by atoms with Gasteiger partial charge in [0.1, 0.15) is 11.6 Å². The van der Waals surface area contributed by atoms with Crippen LogP contribution in [0.4, 0.5) is 0 Å². The second-order valence-corrected chi connectivity index (χ2v) is 7.13. The first kappa shape index (κ1) is 22.2. The minimum absolute atomic E-state index is 0. The highest BCUT2D eigenvalue weighted by Gasteiger charge is 2.25. The Balaban J connectivity index is 0.00000156. The van der Waals surface area contributed by atoms with Crippen molar-refractivity contribution < 1.29 is 4.79 Å². The first-order valence-electron chi connectivity index (χ1n) is 8.98. The normalized spacial score (nSPS) is 23.0. The first-order chi connectivity index (χ1) is 11.1. The summed E-state index contributed by atoms with van der Waals surface area (Å²) in [6.45, 7) is 8.80. The Morgan fingerprint density at radius 2 is 2.04 bits per heavy atom. The number of aromatic nitrogens is 3. The summed E-state index contributed by atoms with van der Waals surface area (Å²) in [4.78, 5) is 18.9. The molecule has 2 aliphatic rings. The zero-order valence-corrected chi connectivity index (χ0v) is 16.9. The van der Waals surface area contributed by atoms with Gasteiger partial charge in [0.25, 0.3) is 0 Å². The second-order valence-electron chi connectivity index (χ2n) is 7.13. The van der Waals surface area contributed by atoms with E-state index in [9.17, 15) is 4.79 Å². The number of halogens is 2. The lowest BCUT2D eigenvalue weighted by molar-refractivity contribution is -0.133. The van der Waals surface area contributed by atoms with Crippen molar-refractivity contribution in [3.05, 3.63) is 11.6 Å². The number of amides is 1. The van der Waals surface area contributed by atoms with Crippen LogP contribution in [0.25, 0.3) is 0 Å². The van der Waals surface area contributed by atoms with Gasteiger partial charge in [-0.2, -0.15) is 5.10 Å². The molecule has 2 saturated heterocycles. The number of carbonyl (C=O) groups is 1. The maximum atomic E-state index is 12.5.